The molecule has 2 aliphatic heterocycles. The molecule has 0 unspecified atom stereocenters. The molecule has 5 rings (SSSR count). The molecule has 2 heterocycles. The highest BCUT2D eigenvalue weighted by Crippen LogP contribution is 2.31. The zero-order chi connectivity index (χ0) is 23.0. The summed E-state index contributed by atoms with van der Waals surface area (Å²) in [7, 11) is 0.645. The van der Waals surface area contributed by atoms with Crippen LogP contribution in [0.1, 0.15) is 17.2 Å². The number of anilines is 1. The van der Waals surface area contributed by atoms with Crippen LogP contribution in [0.2, 0.25) is 0 Å². The topological polar surface area (TPSA) is 55.9 Å². The number of benzene rings is 3. The summed E-state index contributed by atoms with van der Waals surface area (Å²) >= 11 is 0. The fraction of sp³-hybridized carbons (Fsp3) is 0.385. The first-order chi connectivity index (χ1) is 15.9. The number of nitrogens with zero attached hydrogens (tertiary/aromatic N) is 3. The minimum absolute atomic E-state index is 0.00476. The molecule has 0 aromatic heterocycles. The molecule has 7 heteroatoms. The normalized spacial score (nSPS) is 18.5. The third-order valence-corrected chi connectivity index (χ3v) is 8.51. The third-order valence-electron chi connectivity index (χ3n) is 7.09. The first-order valence-corrected chi connectivity index (χ1v) is 13.1. The van der Waals surface area contributed by atoms with Crippen LogP contribution in [-0.2, 0) is 16.4 Å². The minimum Gasteiger partial charge on any atom is -0.374 e. The van der Waals surface area contributed by atoms with Crippen molar-refractivity contribution >= 4 is 26.5 Å². The number of nitrogens with one attached hydrogen (secondary N) is 1. The lowest BCUT2D eigenvalue weighted by molar-refractivity contribution is 0.113. The summed E-state index contributed by atoms with van der Waals surface area (Å²) in [6.07, 6.45) is 1.04. The van der Waals surface area contributed by atoms with E-state index in [-0.39, 0.29) is 6.04 Å². The third kappa shape index (κ3) is 4.64. The van der Waals surface area contributed by atoms with Gasteiger partial charge in [-0.05, 0) is 53.6 Å². The molecule has 0 bridgehead atoms. The van der Waals surface area contributed by atoms with E-state index in [0.29, 0.717) is 11.4 Å². The predicted molar refractivity (Wildman–Crippen MR) is 134 cm³/mol. The van der Waals surface area contributed by atoms with E-state index in [0.717, 1.165) is 49.9 Å². The van der Waals surface area contributed by atoms with Crippen LogP contribution in [0.3, 0.4) is 0 Å². The molecule has 33 heavy (non-hydrogen) atoms. The SMILES string of the molecule is CN1CCN([C@H](CNS(=O)(=O)c2ccc3ccccc3c2)c2ccc3c(c2)CCN3C)CC1. The standard InChI is InChI=1S/C26H32N4O2S/c1-28-13-15-30(16-14-28)26(22-8-10-25-23(17-22)11-12-29(25)2)19-27-33(31,32)24-9-7-20-5-3-4-6-21(20)18-24/h3-10,17-18,26-27H,11-16,19H2,1-2H3/t26-/m1/s1. The second-order valence-corrected chi connectivity index (χ2v) is 11.0. The summed E-state index contributed by atoms with van der Waals surface area (Å²) in [5.41, 5.74) is 3.83. The molecular formula is C26H32N4O2S. The van der Waals surface area contributed by atoms with Crippen molar-refractivity contribution in [2.24, 2.45) is 0 Å². The summed E-state index contributed by atoms with van der Waals surface area (Å²) in [6.45, 7) is 5.22. The molecule has 0 amide bonds. The van der Waals surface area contributed by atoms with Crippen molar-refractivity contribution in [3.05, 3.63) is 71.8 Å². The molecule has 1 saturated heterocycles. The maximum atomic E-state index is 13.2. The molecule has 1 N–H and O–H groups in total. The van der Waals surface area contributed by atoms with Gasteiger partial charge in [-0.25, -0.2) is 13.1 Å². The van der Waals surface area contributed by atoms with Gasteiger partial charge in [-0.3, -0.25) is 4.90 Å². The van der Waals surface area contributed by atoms with Gasteiger partial charge >= 0.3 is 0 Å². The summed E-state index contributed by atoms with van der Waals surface area (Å²) in [5.74, 6) is 0. The van der Waals surface area contributed by atoms with Crippen LogP contribution in [0, 0.1) is 0 Å². The maximum absolute atomic E-state index is 13.2. The molecule has 3 aromatic carbocycles. The van der Waals surface area contributed by atoms with Gasteiger partial charge in [0.25, 0.3) is 0 Å². The van der Waals surface area contributed by atoms with Crippen LogP contribution in [0.15, 0.2) is 65.6 Å². The van der Waals surface area contributed by atoms with Crippen molar-refractivity contribution in [1.29, 1.82) is 0 Å². The smallest absolute Gasteiger partial charge is 0.240 e. The van der Waals surface area contributed by atoms with Gasteiger partial charge in [0, 0.05) is 58.0 Å². The van der Waals surface area contributed by atoms with Crippen LogP contribution in [0.25, 0.3) is 10.8 Å². The largest absolute Gasteiger partial charge is 0.374 e. The Balaban J connectivity index is 1.40. The number of likely N-dealkylation sites (N-methyl/N-ethyl adjacent to an activating group) is 2. The fourth-order valence-corrected chi connectivity index (χ4v) is 6.07. The van der Waals surface area contributed by atoms with Gasteiger partial charge in [0.05, 0.1) is 4.90 Å². The quantitative estimate of drug-likeness (QED) is 0.608. The lowest BCUT2D eigenvalue weighted by atomic mass is 10.0. The predicted octanol–water partition coefficient (Wildman–Crippen LogP) is 3.10. The maximum Gasteiger partial charge on any atom is 0.240 e. The van der Waals surface area contributed by atoms with E-state index < -0.39 is 10.0 Å². The first-order valence-electron chi connectivity index (χ1n) is 11.7. The van der Waals surface area contributed by atoms with Crippen molar-refractivity contribution in [2.45, 2.75) is 17.4 Å². The Labute approximate surface area is 196 Å². The zero-order valence-corrected chi connectivity index (χ0v) is 20.2. The second kappa shape index (κ2) is 9.06. The Morgan fingerprint density at radius 2 is 1.64 bits per heavy atom. The molecule has 0 aliphatic carbocycles. The van der Waals surface area contributed by atoms with Crippen molar-refractivity contribution in [3.63, 3.8) is 0 Å². The fourth-order valence-electron chi connectivity index (χ4n) is 4.99. The Hall–Kier alpha value is -2.45. The van der Waals surface area contributed by atoms with Crippen LogP contribution >= 0.6 is 0 Å². The van der Waals surface area contributed by atoms with Gasteiger partial charge in [0.1, 0.15) is 0 Å². The molecule has 2 aliphatic rings. The average Bonchev–Trinajstić information content (AvgIpc) is 3.20. The number of rotatable bonds is 6. The van der Waals surface area contributed by atoms with E-state index in [1.54, 1.807) is 12.1 Å². The highest BCUT2D eigenvalue weighted by atomic mass is 32.2. The zero-order valence-electron chi connectivity index (χ0n) is 19.4. The highest BCUT2D eigenvalue weighted by Gasteiger charge is 2.27. The van der Waals surface area contributed by atoms with Crippen LogP contribution in [-0.4, -0.2) is 71.6 Å². The van der Waals surface area contributed by atoms with Crippen molar-refractivity contribution < 1.29 is 8.42 Å². The molecule has 3 aromatic rings. The highest BCUT2D eigenvalue weighted by molar-refractivity contribution is 7.89. The van der Waals surface area contributed by atoms with Gasteiger partial charge in [-0.2, -0.15) is 0 Å². The number of sulfonamides is 1. The van der Waals surface area contributed by atoms with Crippen molar-refractivity contribution in [2.75, 3.05) is 58.3 Å². The number of hydrogen-bond donors (Lipinski definition) is 1. The molecule has 0 spiro atoms. The number of fused-ring (bicyclic) bond motifs is 2. The van der Waals surface area contributed by atoms with Crippen molar-refractivity contribution in [1.82, 2.24) is 14.5 Å². The average molecular weight is 465 g/mol. The summed E-state index contributed by atoms with van der Waals surface area (Å²) < 4.78 is 29.4. The first kappa shape index (κ1) is 22.3. The van der Waals surface area contributed by atoms with E-state index in [1.165, 1.54) is 16.8 Å². The van der Waals surface area contributed by atoms with E-state index in [2.05, 4.69) is 51.7 Å². The van der Waals surface area contributed by atoms with E-state index in [1.807, 2.05) is 30.3 Å². The van der Waals surface area contributed by atoms with Crippen LogP contribution in [0.5, 0.6) is 0 Å². The molecular weight excluding hydrogens is 432 g/mol. The lowest BCUT2D eigenvalue weighted by Crippen LogP contribution is -2.48. The van der Waals surface area contributed by atoms with Gasteiger partial charge in [0.15, 0.2) is 0 Å². The summed E-state index contributed by atoms with van der Waals surface area (Å²) in [5, 5.41) is 1.97. The Kier molecular flexibility index (Phi) is 6.14. The van der Waals surface area contributed by atoms with E-state index >= 15 is 0 Å². The summed E-state index contributed by atoms with van der Waals surface area (Å²) in [6, 6.07) is 19.8. The van der Waals surface area contributed by atoms with Crippen LogP contribution < -0.4 is 9.62 Å². The molecule has 0 radical (unpaired) electrons. The van der Waals surface area contributed by atoms with E-state index in [9.17, 15) is 8.42 Å². The Morgan fingerprint density at radius 1 is 0.879 bits per heavy atom. The monoisotopic (exact) mass is 464 g/mol. The Bertz CT molecular complexity index is 1250. The number of hydrogen-bond acceptors (Lipinski definition) is 5. The van der Waals surface area contributed by atoms with E-state index in [4.69, 9.17) is 0 Å². The summed E-state index contributed by atoms with van der Waals surface area (Å²) in [4.78, 5) is 7.34. The molecule has 1 fully saturated rings. The molecule has 174 valence electrons. The van der Waals surface area contributed by atoms with Gasteiger partial charge in [0.2, 0.25) is 10.0 Å². The lowest BCUT2D eigenvalue weighted by Gasteiger charge is -2.38. The minimum atomic E-state index is -3.62. The van der Waals surface area contributed by atoms with Gasteiger partial charge < -0.3 is 9.80 Å². The molecule has 6 nitrogen and oxygen atoms in total. The van der Waals surface area contributed by atoms with Crippen molar-refractivity contribution in [3.8, 4) is 0 Å². The van der Waals surface area contributed by atoms with Crippen LogP contribution in [0.4, 0.5) is 5.69 Å². The van der Waals surface area contributed by atoms with Gasteiger partial charge in [-0.15, -0.1) is 0 Å². The molecule has 0 saturated carbocycles. The number of piperazine rings is 1. The molecule has 1 atom stereocenters. The Morgan fingerprint density at radius 3 is 2.42 bits per heavy atom. The van der Waals surface area contributed by atoms with Gasteiger partial charge in [-0.1, -0.05) is 42.5 Å². The second-order valence-electron chi connectivity index (χ2n) is 9.28.